The Morgan fingerprint density at radius 3 is 1.89 bits per heavy atom. The summed E-state index contributed by atoms with van der Waals surface area (Å²) in [7, 11) is 0. The zero-order valence-corrected chi connectivity index (χ0v) is 18.9. The van der Waals surface area contributed by atoms with E-state index in [4.69, 9.17) is 9.84 Å². The highest BCUT2D eigenvalue weighted by Crippen LogP contribution is 2.33. The fourth-order valence-corrected chi connectivity index (χ4v) is 4.42. The first-order valence-corrected chi connectivity index (χ1v) is 12.4. The lowest BCUT2D eigenvalue weighted by Gasteiger charge is -2.27. The summed E-state index contributed by atoms with van der Waals surface area (Å²) in [6.07, 6.45) is 20.7. The molecule has 0 aromatic carbocycles. The van der Waals surface area contributed by atoms with Crippen molar-refractivity contribution in [2.75, 3.05) is 13.2 Å². The fourth-order valence-electron chi connectivity index (χ4n) is 4.42. The second-order valence-corrected chi connectivity index (χ2v) is 9.47. The lowest BCUT2D eigenvalue weighted by atomic mass is 9.79. The molecule has 1 aliphatic rings. The molecule has 0 saturated heterocycles. The largest absolute Gasteiger partial charge is 0.465 e. The molecule has 1 rings (SSSR count). The van der Waals surface area contributed by atoms with Gasteiger partial charge in [0.05, 0.1) is 12.5 Å². The minimum atomic E-state index is 0.0727. The first-order chi connectivity index (χ1) is 13.6. The average molecular weight is 397 g/mol. The molecule has 1 N–H and O–H groups in total. The van der Waals surface area contributed by atoms with Crippen molar-refractivity contribution in [1.29, 1.82) is 0 Å². The Kier molecular flexibility index (Phi) is 15.7. The molecular weight excluding hydrogens is 348 g/mol. The average Bonchev–Trinajstić information content (AvgIpc) is 2.69. The van der Waals surface area contributed by atoms with E-state index < -0.39 is 0 Å². The van der Waals surface area contributed by atoms with E-state index in [1.54, 1.807) is 0 Å². The van der Waals surface area contributed by atoms with Gasteiger partial charge in [0.15, 0.2) is 0 Å². The molecule has 1 aliphatic carbocycles. The Morgan fingerprint density at radius 2 is 1.36 bits per heavy atom. The van der Waals surface area contributed by atoms with Gasteiger partial charge in [-0.3, -0.25) is 4.79 Å². The van der Waals surface area contributed by atoms with Crippen molar-refractivity contribution in [2.24, 2.45) is 17.8 Å². The molecule has 0 atom stereocenters. The van der Waals surface area contributed by atoms with Crippen molar-refractivity contribution < 1.29 is 14.6 Å². The van der Waals surface area contributed by atoms with Gasteiger partial charge in [-0.2, -0.15) is 0 Å². The molecule has 0 radical (unpaired) electrons. The number of esters is 1. The van der Waals surface area contributed by atoms with Gasteiger partial charge in [-0.05, 0) is 50.4 Å². The van der Waals surface area contributed by atoms with Crippen LogP contribution in [0.15, 0.2) is 0 Å². The highest BCUT2D eigenvalue weighted by atomic mass is 16.5. The van der Waals surface area contributed by atoms with E-state index in [1.165, 1.54) is 83.5 Å². The molecule has 1 saturated carbocycles. The second kappa shape index (κ2) is 17.3. The van der Waals surface area contributed by atoms with Gasteiger partial charge in [0.2, 0.25) is 0 Å². The van der Waals surface area contributed by atoms with Crippen LogP contribution in [0, 0.1) is 17.8 Å². The van der Waals surface area contributed by atoms with Crippen LogP contribution in [0.3, 0.4) is 0 Å². The molecule has 1 fully saturated rings. The van der Waals surface area contributed by atoms with E-state index in [1.807, 2.05) is 0 Å². The van der Waals surface area contributed by atoms with Gasteiger partial charge in [0.25, 0.3) is 0 Å². The smallest absolute Gasteiger partial charge is 0.308 e. The van der Waals surface area contributed by atoms with Crippen LogP contribution < -0.4 is 0 Å². The van der Waals surface area contributed by atoms with Crippen LogP contribution >= 0.6 is 0 Å². The fraction of sp³-hybridized carbons (Fsp3) is 0.960. The summed E-state index contributed by atoms with van der Waals surface area (Å²) in [6, 6.07) is 0. The maximum absolute atomic E-state index is 12.3. The molecule has 0 bridgehead atoms. The highest BCUT2D eigenvalue weighted by molar-refractivity contribution is 5.72. The number of rotatable bonds is 17. The Balaban J connectivity index is 1.89. The number of aliphatic hydroxyl groups is 1. The predicted octanol–water partition coefficient (Wildman–Crippen LogP) is 7.06. The number of aliphatic hydroxyl groups excluding tert-OH is 1. The second-order valence-electron chi connectivity index (χ2n) is 9.47. The summed E-state index contributed by atoms with van der Waals surface area (Å²) in [5.41, 5.74) is 0. The third-order valence-corrected chi connectivity index (χ3v) is 6.37. The molecule has 0 aromatic heterocycles. The topological polar surface area (TPSA) is 46.5 Å². The van der Waals surface area contributed by atoms with Crippen LogP contribution in [0.4, 0.5) is 0 Å². The monoisotopic (exact) mass is 396 g/mol. The molecular formula is C25H48O3. The van der Waals surface area contributed by atoms with Gasteiger partial charge in [0.1, 0.15) is 0 Å². The number of unbranched alkanes of at least 4 members (excludes halogenated alkanes) is 9. The van der Waals surface area contributed by atoms with Crippen LogP contribution in [-0.4, -0.2) is 24.3 Å². The van der Waals surface area contributed by atoms with Crippen molar-refractivity contribution in [3.8, 4) is 0 Å². The number of carbonyl (C=O) groups excluding carboxylic acids is 1. The summed E-state index contributed by atoms with van der Waals surface area (Å²) < 4.78 is 5.55. The van der Waals surface area contributed by atoms with E-state index >= 15 is 0 Å². The van der Waals surface area contributed by atoms with Crippen LogP contribution in [-0.2, 0) is 9.53 Å². The maximum atomic E-state index is 12.3. The lowest BCUT2D eigenvalue weighted by Crippen LogP contribution is -2.24. The minimum Gasteiger partial charge on any atom is -0.465 e. The van der Waals surface area contributed by atoms with Gasteiger partial charge >= 0.3 is 5.97 Å². The molecule has 0 aromatic rings. The van der Waals surface area contributed by atoms with Gasteiger partial charge < -0.3 is 9.84 Å². The molecule has 166 valence electrons. The normalized spacial score (nSPS) is 19.9. The van der Waals surface area contributed by atoms with E-state index in [0.29, 0.717) is 13.2 Å². The van der Waals surface area contributed by atoms with Crippen LogP contribution in [0.2, 0.25) is 0 Å². The van der Waals surface area contributed by atoms with Gasteiger partial charge in [-0.1, -0.05) is 84.5 Å². The van der Waals surface area contributed by atoms with Crippen molar-refractivity contribution in [1.82, 2.24) is 0 Å². The number of carbonyl (C=O) groups is 1. The first kappa shape index (κ1) is 25.5. The molecule has 3 heteroatoms. The lowest BCUT2D eigenvalue weighted by molar-refractivity contribution is -0.150. The maximum Gasteiger partial charge on any atom is 0.308 e. The molecule has 0 amide bonds. The zero-order valence-electron chi connectivity index (χ0n) is 18.9. The van der Waals surface area contributed by atoms with Crippen molar-refractivity contribution in [3.63, 3.8) is 0 Å². The third-order valence-electron chi connectivity index (χ3n) is 6.37. The van der Waals surface area contributed by atoms with Crippen LogP contribution in [0.1, 0.15) is 123 Å². The number of hydrogen-bond donors (Lipinski definition) is 1. The Hall–Kier alpha value is -0.570. The van der Waals surface area contributed by atoms with E-state index in [2.05, 4.69) is 13.8 Å². The van der Waals surface area contributed by atoms with Crippen molar-refractivity contribution >= 4 is 5.97 Å². The van der Waals surface area contributed by atoms with Gasteiger partial charge in [-0.25, -0.2) is 0 Å². The summed E-state index contributed by atoms with van der Waals surface area (Å²) in [6.45, 7) is 5.56. The van der Waals surface area contributed by atoms with Crippen LogP contribution in [0.5, 0.6) is 0 Å². The van der Waals surface area contributed by atoms with E-state index in [-0.39, 0.29) is 11.9 Å². The molecule has 3 nitrogen and oxygen atoms in total. The molecule has 0 heterocycles. The van der Waals surface area contributed by atoms with E-state index in [9.17, 15) is 4.79 Å². The highest BCUT2D eigenvalue weighted by Gasteiger charge is 2.27. The molecule has 0 aliphatic heterocycles. The summed E-state index contributed by atoms with van der Waals surface area (Å²) >= 11 is 0. The molecule has 0 spiro atoms. The SMILES string of the molecule is CC(C)CCCC1CCC(C(=O)OCCCCCCCCCCCCO)CC1. The summed E-state index contributed by atoms with van der Waals surface area (Å²) in [5.74, 6) is 1.90. The van der Waals surface area contributed by atoms with Gasteiger partial charge in [-0.15, -0.1) is 0 Å². The van der Waals surface area contributed by atoms with Crippen molar-refractivity contribution in [3.05, 3.63) is 0 Å². The zero-order chi connectivity index (χ0) is 20.5. The quantitative estimate of drug-likeness (QED) is 0.211. The Bertz CT molecular complexity index is 359. The minimum absolute atomic E-state index is 0.0727. The standard InChI is InChI=1S/C25H48O3/c1-22(2)14-13-15-23-16-18-24(19-17-23)25(27)28-21-12-10-8-6-4-3-5-7-9-11-20-26/h22-24,26H,3-21H2,1-2H3. The molecule has 28 heavy (non-hydrogen) atoms. The van der Waals surface area contributed by atoms with Crippen LogP contribution in [0.25, 0.3) is 0 Å². The Labute approximate surface area is 175 Å². The third kappa shape index (κ3) is 13.6. The summed E-state index contributed by atoms with van der Waals surface area (Å²) in [4.78, 5) is 12.3. The molecule has 0 unspecified atom stereocenters. The summed E-state index contributed by atoms with van der Waals surface area (Å²) in [5, 5.41) is 8.74. The first-order valence-electron chi connectivity index (χ1n) is 12.4. The Morgan fingerprint density at radius 1 is 0.821 bits per heavy atom. The van der Waals surface area contributed by atoms with Crippen molar-refractivity contribution in [2.45, 2.75) is 123 Å². The number of ether oxygens (including phenoxy) is 1. The van der Waals surface area contributed by atoms with E-state index in [0.717, 1.165) is 37.5 Å². The number of hydrogen-bond acceptors (Lipinski definition) is 3. The predicted molar refractivity (Wildman–Crippen MR) is 118 cm³/mol. The van der Waals surface area contributed by atoms with Gasteiger partial charge in [0, 0.05) is 6.61 Å².